The van der Waals surface area contributed by atoms with Gasteiger partial charge in [-0.25, -0.2) is 4.79 Å². The highest BCUT2D eigenvalue weighted by atomic mass is 35.5. The molecule has 23 heavy (non-hydrogen) atoms. The van der Waals surface area contributed by atoms with Crippen LogP contribution in [0.25, 0.3) is 11.3 Å². The Balaban J connectivity index is 1.84. The molecule has 1 unspecified atom stereocenters. The van der Waals surface area contributed by atoms with Crippen LogP contribution in [0.4, 0.5) is 0 Å². The predicted molar refractivity (Wildman–Crippen MR) is 83.3 cm³/mol. The minimum atomic E-state index is -0.989. The predicted octanol–water partition coefficient (Wildman–Crippen LogP) is 3.07. The molecule has 120 valence electrons. The number of carboxylic acid groups (broad SMARTS) is 1. The maximum Gasteiger partial charge on any atom is 0.326 e. The molecule has 6 nitrogen and oxygen atoms in total. The summed E-state index contributed by atoms with van der Waals surface area (Å²) in [6.07, 6.45) is 2.04. The number of aliphatic carboxylic acids is 1. The van der Waals surface area contributed by atoms with Crippen LogP contribution in [0.3, 0.4) is 0 Å². The molecule has 3 rings (SSSR count). The van der Waals surface area contributed by atoms with Gasteiger partial charge in [0.25, 0.3) is 5.91 Å². The standard InChI is InChI=1S/C16H15ClN2O4/c17-11-5-3-4-10(8-11)14-9-12(18-23-14)15(20)19-7-2-1-6-13(19)16(21)22/h3-5,8-9,13H,1-2,6-7H2,(H,21,22). The zero-order chi connectivity index (χ0) is 16.4. The smallest absolute Gasteiger partial charge is 0.326 e. The Morgan fingerprint density at radius 3 is 2.87 bits per heavy atom. The van der Waals surface area contributed by atoms with Gasteiger partial charge in [-0.2, -0.15) is 0 Å². The highest BCUT2D eigenvalue weighted by molar-refractivity contribution is 6.30. The summed E-state index contributed by atoms with van der Waals surface area (Å²) in [6.45, 7) is 0.412. The highest BCUT2D eigenvalue weighted by Gasteiger charge is 2.33. The van der Waals surface area contributed by atoms with Gasteiger partial charge in [0.15, 0.2) is 11.5 Å². The third kappa shape index (κ3) is 3.22. The van der Waals surface area contributed by atoms with Gasteiger partial charge in [0.2, 0.25) is 0 Å². The molecule has 0 radical (unpaired) electrons. The van der Waals surface area contributed by atoms with Gasteiger partial charge >= 0.3 is 5.97 Å². The molecule has 0 aliphatic carbocycles. The average Bonchev–Trinajstić information content (AvgIpc) is 3.04. The maximum absolute atomic E-state index is 12.5. The number of aromatic nitrogens is 1. The summed E-state index contributed by atoms with van der Waals surface area (Å²) in [7, 11) is 0. The highest BCUT2D eigenvalue weighted by Crippen LogP contribution is 2.25. The first kappa shape index (κ1) is 15.6. The number of likely N-dealkylation sites (tertiary alicyclic amines) is 1. The zero-order valence-corrected chi connectivity index (χ0v) is 13.0. The van der Waals surface area contributed by atoms with Crippen LogP contribution in [0.15, 0.2) is 34.9 Å². The maximum atomic E-state index is 12.5. The Kier molecular flexibility index (Phi) is 4.34. The third-order valence-corrected chi connectivity index (χ3v) is 4.12. The molecular formula is C16H15ClN2O4. The topological polar surface area (TPSA) is 83.6 Å². The number of carbonyl (C=O) groups is 2. The number of nitrogens with zero attached hydrogens (tertiary/aromatic N) is 2. The summed E-state index contributed by atoms with van der Waals surface area (Å²) >= 11 is 5.94. The number of hydrogen-bond donors (Lipinski definition) is 1. The van der Waals surface area contributed by atoms with Crippen LogP contribution in [0.2, 0.25) is 5.02 Å². The third-order valence-electron chi connectivity index (χ3n) is 3.89. The molecule has 1 fully saturated rings. The van der Waals surface area contributed by atoms with Crippen molar-refractivity contribution in [1.29, 1.82) is 0 Å². The van der Waals surface area contributed by atoms with Crippen molar-refractivity contribution in [3.05, 3.63) is 41.0 Å². The van der Waals surface area contributed by atoms with E-state index in [4.69, 9.17) is 16.1 Å². The van der Waals surface area contributed by atoms with Crippen LogP contribution in [0, 0.1) is 0 Å². The number of benzene rings is 1. The van der Waals surface area contributed by atoms with Crippen LogP contribution < -0.4 is 0 Å². The van der Waals surface area contributed by atoms with E-state index in [1.165, 1.54) is 11.0 Å². The average molecular weight is 335 g/mol. The summed E-state index contributed by atoms with van der Waals surface area (Å²) < 4.78 is 5.21. The Labute approximate surface area is 137 Å². The van der Waals surface area contributed by atoms with Crippen LogP contribution in [0.1, 0.15) is 29.8 Å². The lowest BCUT2D eigenvalue weighted by atomic mass is 10.0. The minimum Gasteiger partial charge on any atom is -0.480 e. The quantitative estimate of drug-likeness (QED) is 0.932. The van der Waals surface area contributed by atoms with Gasteiger partial charge in [-0.3, -0.25) is 4.79 Å². The Hall–Kier alpha value is -2.34. The van der Waals surface area contributed by atoms with Crippen molar-refractivity contribution in [3.63, 3.8) is 0 Å². The zero-order valence-electron chi connectivity index (χ0n) is 12.2. The lowest BCUT2D eigenvalue weighted by Crippen LogP contribution is -2.48. The van der Waals surface area contributed by atoms with Crippen molar-refractivity contribution in [2.75, 3.05) is 6.54 Å². The van der Waals surface area contributed by atoms with Crippen molar-refractivity contribution in [2.24, 2.45) is 0 Å². The Morgan fingerprint density at radius 2 is 2.13 bits per heavy atom. The van der Waals surface area contributed by atoms with E-state index in [-0.39, 0.29) is 5.69 Å². The van der Waals surface area contributed by atoms with Crippen molar-refractivity contribution < 1.29 is 19.2 Å². The van der Waals surface area contributed by atoms with E-state index >= 15 is 0 Å². The van der Waals surface area contributed by atoms with Crippen molar-refractivity contribution in [3.8, 4) is 11.3 Å². The van der Waals surface area contributed by atoms with E-state index < -0.39 is 17.9 Å². The molecule has 1 aliphatic heterocycles. The van der Waals surface area contributed by atoms with E-state index in [0.717, 1.165) is 12.8 Å². The summed E-state index contributed by atoms with van der Waals surface area (Å²) in [5.41, 5.74) is 0.811. The minimum absolute atomic E-state index is 0.105. The molecule has 2 heterocycles. The number of carboxylic acids is 1. The molecule has 0 bridgehead atoms. The van der Waals surface area contributed by atoms with Crippen LogP contribution >= 0.6 is 11.6 Å². The van der Waals surface area contributed by atoms with Gasteiger partial charge in [0.05, 0.1) is 0 Å². The Bertz CT molecular complexity index is 743. The monoisotopic (exact) mass is 334 g/mol. The molecule has 1 N–H and O–H groups in total. The fraction of sp³-hybridized carbons (Fsp3) is 0.312. The number of hydrogen-bond acceptors (Lipinski definition) is 4. The number of amides is 1. The van der Waals surface area contributed by atoms with Crippen molar-refractivity contribution in [1.82, 2.24) is 10.1 Å². The normalized spacial score (nSPS) is 18.0. The van der Waals surface area contributed by atoms with Gasteiger partial charge in [-0.1, -0.05) is 28.9 Å². The first-order valence-electron chi connectivity index (χ1n) is 7.32. The number of rotatable bonds is 3. The first-order chi connectivity index (χ1) is 11.1. The lowest BCUT2D eigenvalue weighted by Gasteiger charge is -2.32. The molecule has 1 aromatic heterocycles. The SMILES string of the molecule is O=C(O)C1CCCCN1C(=O)c1cc(-c2cccc(Cl)c2)on1. The lowest BCUT2D eigenvalue weighted by molar-refractivity contribution is -0.143. The number of carbonyl (C=O) groups excluding carboxylic acids is 1. The van der Waals surface area contributed by atoms with Crippen LogP contribution in [-0.2, 0) is 4.79 Å². The van der Waals surface area contributed by atoms with Gasteiger partial charge in [-0.15, -0.1) is 0 Å². The molecular weight excluding hydrogens is 320 g/mol. The summed E-state index contributed by atoms with van der Waals surface area (Å²) in [5.74, 6) is -0.995. The largest absolute Gasteiger partial charge is 0.480 e. The molecule has 2 aromatic rings. The van der Waals surface area contributed by atoms with E-state index in [0.29, 0.717) is 29.3 Å². The van der Waals surface area contributed by atoms with Crippen molar-refractivity contribution >= 4 is 23.5 Å². The number of halogens is 1. The van der Waals surface area contributed by atoms with Crippen LogP contribution in [-0.4, -0.2) is 39.6 Å². The fourth-order valence-electron chi connectivity index (χ4n) is 2.73. The van der Waals surface area contributed by atoms with Crippen LogP contribution in [0.5, 0.6) is 0 Å². The molecule has 1 atom stereocenters. The summed E-state index contributed by atoms with van der Waals surface area (Å²) in [5, 5.41) is 13.6. The summed E-state index contributed by atoms with van der Waals surface area (Å²) in [6, 6.07) is 7.72. The molecule has 0 saturated carbocycles. The summed E-state index contributed by atoms with van der Waals surface area (Å²) in [4.78, 5) is 25.2. The molecule has 0 spiro atoms. The first-order valence-corrected chi connectivity index (χ1v) is 7.70. The molecule has 1 aliphatic rings. The van der Waals surface area contributed by atoms with Crippen molar-refractivity contribution in [2.45, 2.75) is 25.3 Å². The second-order valence-electron chi connectivity index (χ2n) is 5.44. The Morgan fingerprint density at radius 1 is 1.30 bits per heavy atom. The van der Waals surface area contributed by atoms with E-state index in [2.05, 4.69) is 5.16 Å². The van der Waals surface area contributed by atoms with Gasteiger partial charge in [0, 0.05) is 23.2 Å². The fourth-order valence-corrected chi connectivity index (χ4v) is 2.92. The van der Waals surface area contributed by atoms with E-state index in [1.54, 1.807) is 24.3 Å². The number of piperidine rings is 1. The van der Waals surface area contributed by atoms with E-state index in [9.17, 15) is 14.7 Å². The molecule has 7 heteroatoms. The van der Waals surface area contributed by atoms with Gasteiger partial charge < -0.3 is 14.5 Å². The molecule has 1 saturated heterocycles. The van der Waals surface area contributed by atoms with Gasteiger partial charge in [-0.05, 0) is 31.4 Å². The van der Waals surface area contributed by atoms with E-state index in [1.807, 2.05) is 0 Å². The molecule has 1 aromatic carbocycles. The molecule has 1 amide bonds. The second kappa shape index (κ2) is 6.42. The van der Waals surface area contributed by atoms with Gasteiger partial charge in [0.1, 0.15) is 6.04 Å². The second-order valence-corrected chi connectivity index (χ2v) is 5.87.